The van der Waals surface area contributed by atoms with Gasteiger partial charge in [-0.05, 0) is 41.8 Å². The summed E-state index contributed by atoms with van der Waals surface area (Å²) in [4.78, 5) is 4.13. The van der Waals surface area contributed by atoms with E-state index in [0.29, 0.717) is 12.1 Å². The first-order valence-electron chi connectivity index (χ1n) is 6.94. The first kappa shape index (κ1) is 13.7. The van der Waals surface area contributed by atoms with Gasteiger partial charge in [0.25, 0.3) is 0 Å². The van der Waals surface area contributed by atoms with Crippen LogP contribution in [0.3, 0.4) is 0 Å². The lowest BCUT2D eigenvalue weighted by molar-refractivity contribution is 0.474. The number of aromatic nitrogens is 1. The van der Waals surface area contributed by atoms with Crippen LogP contribution in [0.25, 0.3) is 10.8 Å². The molecule has 0 fully saturated rings. The van der Waals surface area contributed by atoms with Crippen molar-refractivity contribution in [3.8, 4) is 0 Å². The van der Waals surface area contributed by atoms with Crippen molar-refractivity contribution in [2.75, 3.05) is 0 Å². The molecule has 0 aliphatic rings. The van der Waals surface area contributed by atoms with Crippen molar-refractivity contribution in [2.45, 2.75) is 18.9 Å². The zero-order chi connectivity index (χ0) is 14.9. The van der Waals surface area contributed by atoms with Gasteiger partial charge in [0.1, 0.15) is 5.82 Å². The molecule has 0 saturated carbocycles. The molecule has 0 aliphatic carbocycles. The molecule has 0 amide bonds. The monoisotopic (exact) mass is 280 g/mol. The van der Waals surface area contributed by atoms with Crippen LogP contribution < -0.4 is 5.73 Å². The number of nitrogens with two attached hydrogens (primary N) is 1. The average Bonchev–Trinajstić information content (AvgIpc) is 2.48. The van der Waals surface area contributed by atoms with Crippen LogP contribution in [0.15, 0.2) is 60.8 Å². The van der Waals surface area contributed by atoms with E-state index in [1.165, 1.54) is 28.6 Å². The summed E-state index contributed by atoms with van der Waals surface area (Å²) in [7, 11) is 0. The smallest absolute Gasteiger partial charge is 0.141 e. The molecule has 1 heterocycles. The highest BCUT2D eigenvalue weighted by molar-refractivity contribution is 5.85. The second-order valence-corrected chi connectivity index (χ2v) is 5.59. The molecule has 1 aromatic heterocycles. The number of benzene rings is 2. The van der Waals surface area contributed by atoms with Crippen molar-refractivity contribution in [1.29, 1.82) is 0 Å². The number of fused-ring (bicyclic) bond motifs is 1. The second kappa shape index (κ2) is 5.26. The molecule has 2 N–H and O–H groups in total. The Balaban J connectivity index is 1.99. The van der Waals surface area contributed by atoms with Crippen molar-refractivity contribution >= 4 is 10.8 Å². The zero-order valence-electron chi connectivity index (χ0n) is 11.9. The third-order valence-electron chi connectivity index (χ3n) is 3.75. The molecule has 2 nitrogen and oxygen atoms in total. The third kappa shape index (κ3) is 2.78. The summed E-state index contributed by atoms with van der Waals surface area (Å²) in [6.07, 6.45) is 1.86. The van der Waals surface area contributed by atoms with Gasteiger partial charge in [0.2, 0.25) is 0 Å². The molecule has 3 rings (SSSR count). The Morgan fingerprint density at radius 3 is 2.57 bits per heavy atom. The summed E-state index contributed by atoms with van der Waals surface area (Å²) >= 11 is 0. The number of nitrogens with zero attached hydrogens (tertiary/aromatic N) is 1. The molecular formula is C18H17FN2. The van der Waals surface area contributed by atoms with Crippen molar-refractivity contribution in [2.24, 2.45) is 5.73 Å². The normalized spacial score (nSPS) is 14.0. The minimum Gasteiger partial charge on any atom is -0.320 e. The van der Waals surface area contributed by atoms with E-state index >= 15 is 0 Å². The third-order valence-corrected chi connectivity index (χ3v) is 3.75. The van der Waals surface area contributed by atoms with Crippen molar-refractivity contribution in [1.82, 2.24) is 4.98 Å². The number of rotatable bonds is 3. The maximum Gasteiger partial charge on any atom is 0.141 e. The molecule has 21 heavy (non-hydrogen) atoms. The average molecular weight is 280 g/mol. The van der Waals surface area contributed by atoms with Crippen molar-refractivity contribution < 1.29 is 4.39 Å². The van der Waals surface area contributed by atoms with E-state index in [1.54, 1.807) is 6.07 Å². The maximum atomic E-state index is 13.0. The van der Waals surface area contributed by atoms with Crippen molar-refractivity contribution in [3.05, 3.63) is 77.9 Å². The molecule has 3 heteroatoms. The van der Waals surface area contributed by atoms with E-state index < -0.39 is 5.54 Å². The molecule has 0 saturated heterocycles. The van der Waals surface area contributed by atoms with Crippen LogP contribution in [0, 0.1) is 5.82 Å². The molecule has 1 unspecified atom stereocenters. The topological polar surface area (TPSA) is 38.9 Å². The summed E-state index contributed by atoms with van der Waals surface area (Å²) in [6.45, 7) is 1.93. The van der Waals surface area contributed by atoms with E-state index in [2.05, 4.69) is 29.2 Å². The van der Waals surface area contributed by atoms with Gasteiger partial charge < -0.3 is 5.73 Å². The molecule has 1 atom stereocenters. The SMILES string of the molecule is CC(N)(Cc1cccc2ccccc12)c1ccc(F)cn1. The Kier molecular flexibility index (Phi) is 3.43. The van der Waals surface area contributed by atoms with Gasteiger partial charge in [0, 0.05) is 0 Å². The highest BCUT2D eigenvalue weighted by Gasteiger charge is 2.24. The van der Waals surface area contributed by atoms with E-state index in [-0.39, 0.29) is 5.82 Å². The highest BCUT2D eigenvalue weighted by Crippen LogP contribution is 2.26. The Labute approximate surface area is 123 Å². The lowest BCUT2D eigenvalue weighted by Gasteiger charge is -2.25. The Morgan fingerprint density at radius 2 is 1.81 bits per heavy atom. The fourth-order valence-electron chi connectivity index (χ4n) is 2.65. The molecule has 0 spiro atoms. The zero-order valence-corrected chi connectivity index (χ0v) is 11.9. The first-order chi connectivity index (χ1) is 10.1. The van der Waals surface area contributed by atoms with E-state index in [4.69, 9.17) is 5.73 Å². The summed E-state index contributed by atoms with van der Waals surface area (Å²) < 4.78 is 13.0. The first-order valence-corrected chi connectivity index (χ1v) is 6.94. The van der Waals surface area contributed by atoms with E-state index in [9.17, 15) is 4.39 Å². The van der Waals surface area contributed by atoms with Gasteiger partial charge in [0.15, 0.2) is 0 Å². The largest absolute Gasteiger partial charge is 0.320 e. The van der Waals surface area contributed by atoms with Crippen LogP contribution in [-0.4, -0.2) is 4.98 Å². The molecule has 106 valence electrons. The molecular weight excluding hydrogens is 263 g/mol. The summed E-state index contributed by atoms with van der Waals surface area (Å²) in [5.74, 6) is -0.347. The van der Waals surface area contributed by atoms with Gasteiger partial charge in [-0.3, -0.25) is 4.98 Å². The van der Waals surface area contributed by atoms with Crippen LogP contribution in [-0.2, 0) is 12.0 Å². The van der Waals surface area contributed by atoms with E-state index in [0.717, 1.165) is 0 Å². The second-order valence-electron chi connectivity index (χ2n) is 5.59. The van der Waals surface area contributed by atoms with Crippen LogP contribution in [0.2, 0.25) is 0 Å². The summed E-state index contributed by atoms with van der Waals surface area (Å²) in [5, 5.41) is 2.39. The molecule has 0 radical (unpaired) electrons. The van der Waals surface area contributed by atoms with Gasteiger partial charge in [-0.25, -0.2) is 4.39 Å². The minimum atomic E-state index is -0.641. The van der Waals surface area contributed by atoms with Crippen LogP contribution in [0.5, 0.6) is 0 Å². The van der Waals surface area contributed by atoms with Gasteiger partial charge >= 0.3 is 0 Å². The molecule has 0 bridgehead atoms. The highest BCUT2D eigenvalue weighted by atomic mass is 19.1. The molecule has 3 aromatic rings. The van der Waals surface area contributed by atoms with Crippen LogP contribution in [0.4, 0.5) is 4.39 Å². The van der Waals surface area contributed by atoms with Crippen LogP contribution in [0.1, 0.15) is 18.2 Å². The van der Waals surface area contributed by atoms with Gasteiger partial charge in [-0.15, -0.1) is 0 Å². The lowest BCUT2D eigenvalue weighted by atomic mass is 9.88. The maximum absolute atomic E-state index is 13.0. The van der Waals surface area contributed by atoms with Gasteiger partial charge in [-0.1, -0.05) is 42.5 Å². The Morgan fingerprint density at radius 1 is 1.05 bits per heavy atom. The van der Waals surface area contributed by atoms with Gasteiger partial charge in [-0.2, -0.15) is 0 Å². The fraction of sp³-hybridized carbons (Fsp3) is 0.167. The van der Waals surface area contributed by atoms with Crippen molar-refractivity contribution in [3.63, 3.8) is 0 Å². The minimum absolute atomic E-state index is 0.347. The standard InChI is InChI=1S/C18H17FN2/c1-18(20,17-10-9-15(19)12-21-17)11-14-7-4-6-13-5-2-3-8-16(13)14/h2-10,12H,11,20H2,1H3. The van der Waals surface area contributed by atoms with Gasteiger partial charge in [0.05, 0.1) is 17.4 Å². The summed E-state index contributed by atoms with van der Waals surface area (Å²) in [6, 6.07) is 17.5. The Hall–Kier alpha value is -2.26. The molecule has 0 aliphatic heterocycles. The molecule has 2 aromatic carbocycles. The van der Waals surface area contributed by atoms with Crippen LogP contribution >= 0.6 is 0 Å². The Bertz CT molecular complexity index is 758. The lowest BCUT2D eigenvalue weighted by Crippen LogP contribution is -2.36. The summed E-state index contributed by atoms with van der Waals surface area (Å²) in [5.41, 5.74) is 7.65. The van der Waals surface area contributed by atoms with E-state index in [1.807, 2.05) is 25.1 Å². The predicted octanol–water partition coefficient (Wildman–Crippen LogP) is 3.79. The number of pyridine rings is 1. The number of halogens is 1. The number of hydrogen-bond donors (Lipinski definition) is 1. The predicted molar refractivity (Wildman–Crippen MR) is 83.4 cm³/mol. The number of hydrogen-bond acceptors (Lipinski definition) is 2. The fourth-order valence-corrected chi connectivity index (χ4v) is 2.65. The quantitative estimate of drug-likeness (QED) is 0.792.